The lowest BCUT2D eigenvalue weighted by molar-refractivity contribution is 0.133. The smallest absolute Gasteiger partial charge is 0.179 e. The molecule has 1 saturated heterocycles. The van der Waals surface area contributed by atoms with Gasteiger partial charge in [-0.15, -0.1) is 0 Å². The Kier molecular flexibility index (Phi) is 5.31. The first-order chi connectivity index (χ1) is 11.6. The van der Waals surface area contributed by atoms with E-state index in [0.29, 0.717) is 16.5 Å². The van der Waals surface area contributed by atoms with E-state index in [1.165, 1.54) is 12.8 Å². The summed E-state index contributed by atoms with van der Waals surface area (Å²) < 4.78 is 16.0. The molecule has 0 aliphatic carbocycles. The third kappa shape index (κ3) is 3.52. The average Bonchev–Trinajstić information content (AvgIpc) is 3.01. The molecular formula is C18H23ClN2O3. The van der Waals surface area contributed by atoms with Crippen molar-refractivity contribution in [2.24, 2.45) is 0 Å². The number of methoxy groups -OCH3 is 2. The van der Waals surface area contributed by atoms with Gasteiger partial charge < -0.3 is 14.0 Å². The van der Waals surface area contributed by atoms with Crippen molar-refractivity contribution < 1.29 is 14.0 Å². The summed E-state index contributed by atoms with van der Waals surface area (Å²) >= 11 is 6.34. The maximum Gasteiger partial charge on any atom is 0.179 e. The molecule has 1 aromatic heterocycles. The van der Waals surface area contributed by atoms with E-state index in [9.17, 15) is 0 Å². The van der Waals surface area contributed by atoms with Gasteiger partial charge >= 0.3 is 0 Å². The van der Waals surface area contributed by atoms with Crippen molar-refractivity contribution in [3.8, 4) is 11.5 Å². The Hall–Kier alpha value is -1.72. The van der Waals surface area contributed by atoms with Gasteiger partial charge in [-0.25, -0.2) is 0 Å². The first-order valence-corrected chi connectivity index (χ1v) is 8.58. The van der Waals surface area contributed by atoms with Crippen molar-refractivity contribution in [3.05, 3.63) is 40.2 Å². The summed E-state index contributed by atoms with van der Waals surface area (Å²) in [6, 6.07) is 6.25. The molecule has 6 heteroatoms. The van der Waals surface area contributed by atoms with Crippen molar-refractivity contribution >= 4 is 11.6 Å². The van der Waals surface area contributed by atoms with Crippen LogP contribution in [-0.4, -0.2) is 30.8 Å². The fraction of sp³-hybridized carbons (Fsp3) is 0.500. The summed E-state index contributed by atoms with van der Waals surface area (Å²) in [5, 5.41) is 4.79. The predicted molar refractivity (Wildman–Crippen MR) is 92.8 cm³/mol. The first kappa shape index (κ1) is 17.1. The predicted octanol–water partition coefficient (Wildman–Crippen LogP) is 4.38. The monoisotopic (exact) mass is 350 g/mol. The molecule has 0 N–H and O–H groups in total. The first-order valence-electron chi connectivity index (χ1n) is 8.20. The van der Waals surface area contributed by atoms with Crippen LogP contribution < -0.4 is 9.47 Å². The van der Waals surface area contributed by atoms with E-state index in [2.05, 4.69) is 10.1 Å². The van der Waals surface area contributed by atoms with Crippen LogP contribution >= 0.6 is 11.6 Å². The lowest BCUT2D eigenvalue weighted by Crippen LogP contribution is -2.33. The Morgan fingerprint density at radius 2 is 2.08 bits per heavy atom. The third-order valence-corrected chi connectivity index (χ3v) is 4.76. The van der Waals surface area contributed by atoms with Gasteiger partial charge in [0.25, 0.3) is 0 Å². The van der Waals surface area contributed by atoms with Crippen LogP contribution in [0.5, 0.6) is 11.5 Å². The van der Waals surface area contributed by atoms with E-state index < -0.39 is 0 Å². The highest BCUT2D eigenvalue weighted by Gasteiger charge is 2.27. The van der Waals surface area contributed by atoms with E-state index in [-0.39, 0.29) is 6.04 Å². The molecule has 24 heavy (non-hydrogen) atoms. The summed E-state index contributed by atoms with van der Waals surface area (Å²) in [7, 11) is 3.22. The summed E-state index contributed by atoms with van der Waals surface area (Å²) in [5.74, 6) is 2.08. The molecule has 0 bridgehead atoms. The van der Waals surface area contributed by atoms with Crippen LogP contribution in [-0.2, 0) is 6.54 Å². The SMILES string of the molecule is COc1cc(CN2CCCCC2c2cc(C)on2)cc(Cl)c1OC. The molecule has 1 aliphatic heterocycles. The van der Waals surface area contributed by atoms with Gasteiger partial charge in [-0.3, -0.25) is 4.90 Å². The molecular weight excluding hydrogens is 328 g/mol. The molecule has 3 rings (SSSR count). The average molecular weight is 351 g/mol. The lowest BCUT2D eigenvalue weighted by Gasteiger charge is -2.34. The molecule has 0 amide bonds. The largest absolute Gasteiger partial charge is 0.493 e. The Morgan fingerprint density at radius 1 is 1.25 bits per heavy atom. The number of likely N-dealkylation sites (tertiary alicyclic amines) is 1. The van der Waals surface area contributed by atoms with E-state index in [4.69, 9.17) is 25.6 Å². The lowest BCUT2D eigenvalue weighted by atomic mass is 9.98. The third-order valence-electron chi connectivity index (χ3n) is 4.48. The van der Waals surface area contributed by atoms with E-state index in [1.807, 2.05) is 25.1 Å². The van der Waals surface area contributed by atoms with Crippen LogP contribution in [0.3, 0.4) is 0 Å². The molecule has 1 aromatic carbocycles. The Balaban J connectivity index is 1.84. The number of halogens is 1. The van der Waals surface area contributed by atoms with E-state index in [1.54, 1.807) is 14.2 Å². The van der Waals surface area contributed by atoms with Gasteiger partial charge in [0.15, 0.2) is 11.5 Å². The number of aryl methyl sites for hydroxylation is 1. The summed E-state index contributed by atoms with van der Waals surface area (Å²) in [5.41, 5.74) is 2.11. The van der Waals surface area contributed by atoms with Crippen LogP contribution in [0, 0.1) is 6.92 Å². The molecule has 0 saturated carbocycles. The Bertz CT molecular complexity index is 702. The molecule has 0 radical (unpaired) electrons. The standard InChI is InChI=1S/C18H23ClN2O3/c1-12-8-15(20-24-12)16-6-4-5-7-21(16)11-13-9-14(19)18(23-3)17(10-13)22-2/h8-10,16H,4-7,11H2,1-3H3. The zero-order valence-corrected chi connectivity index (χ0v) is 15.1. The normalized spacial score (nSPS) is 18.6. The van der Waals surface area contributed by atoms with Crippen molar-refractivity contribution in [1.29, 1.82) is 0 Å². The molecule has 1 atom stereocenters. The van der Waals surface area contributed by atoms with Crippen LogP contribution in [0.4, 0.5) is 0 Å². The van der Waals surface area contributed by atoms with Crippen LogP contribution in [0.1, 0.15) is 42.3 Å². The van der Waals surface area contributed by atoms with Crippen LogP contribution in [0.25, 0.3) is 0 Å². The van der Waals surface area contributed by atoms with Gasteiger partial charge in [0.1, 0.15) is 11.5 Å². The quantitative estimate of drug-likeness (QED) is 0.800. The fourth-order valence-electron chi connectivity index (χ4n) is 3.36. The molecule has 2 aromatic rings. The summed E-state index contributed by atoms with van der Waals surface area (Å²) in [4.78, 5) is 2.43. The number of hydrogen-bond acceptors (Lipinski definition) is 5. The second-order valence-electron chi connectivity index (χ2n) is 6.16. The van der Waals surface area contributed by atoms with Crippen molar-refractivity contribution in [2.45, 2.75) is 38.8 Å². The number of rotatable bonds is 5. The minimum absolute atomic E-state index is 0.281. The molecule has 2 heterocycles. The van der Waals surface area contributed by atoms with Crippen molar-refractivity contribution in [2.75, 3.05) is 20.8 Å². The Morgan fingerprint density at radius 3 is 2.75 bits per heavy atom. The zero-order valence-electron chi connectivity index (χ0n) is 14.3. The number of ether oxygens (including phenoxy) is 2. The number of nitrogens with zero attached hydrogens (tertiary/aromatic N) is 2. The maximum absolute atomic E-state index is 6.34. The fourth-order valence-corrected chi connectivity index (χ4v) is 3.67. The summed E-state index contributed by atoms with van der Waals surface area (Å²) in [6.07, 6.45) is 3.49. The van der Waals surface area contributed by atoms with Crippen LogP contribution in [0.2, 0.25) is 5.02 Å². The number of piperidine rings is 1. The second kappa shape index (κ2) is 7.45. The minimum atomic E-state index is 0.281. The molecule has 1 aliphatic rings. The van der Waals surface area contributed by atoms with Gasteiger partial charge in [-0.1, -0.05) is 23.2 Å². The van der Waals surface area contributed by atoms with Gasteiger partial charge in [-0.05, 0) is 44.0 Å². The Labute approximate surface area is 147 Å². The van der Waals surface area contributed by atoms with Gasteiger partial charge in [0.05, 0.1) is 25.3 Å². The maximum atomic E-state index is 6.34. The topological polar surface area (TPSA) is 47.7 Å². The number of benzene rings is 1. The molecule has 1 unspecified atom stereocenters. The molecule has 130 valence electrons. The minimum Gasteiger partial charge on any atom is -0.493 e. The zero-order chi connectivity index (χ0) is 17.1. The van der Waals surface area contributed by atoms with E-state index >= 15 is 0 Å². The van der Waals surface area contributed by atoms with Gasteiger partial charge in [0, 0.05) is 12.6 Å². The number of hydrogen-bond donors (Lipinski definition) is 0. The van der Waals surface area contributed by atoms with Crippen LogP contribution in [0.15, 0.2) is 22.7 Å². The highest BCUT2D eigenvalue weighted by molar-refractivity contribution is 6.32. The molecule has 5 nitrogen and oxygen atoms in total. The molecule has 0 spiro atoms. The second-order valence-corrected chi connectivity index (χ2v) is 6.56. The van der Waals surface area contributed by atoms with Crippen molar-refractivity contribution in [1.82, 2.24) is 10.1 Å². The highest BCUT2D eigenvalue weighted by Crippen LogP contribution is 2.38. The van der Waals surface area contributed by atoms with Gasteiger partial charge in [-0.2, -0.15) is 0 Å². The number of aromatic nitrogens is 1. The summed E-state index contributed by atoms with van der Waals surface area (Å²) in [6.45, 7) is 3.75. The highest BCUT2D eigenvalue weighted by atomic mass is 35.5. The van der Waals surface area contributed by atoms with E-state index in [0.717, 1.165) is 36.5 Å². The van der Waals surface area contributed by atoms with Crippen molar-refractivity contribution in [3.63, 3.8) is 0 Å². The molecule has 1 fully saturated rings. The van der Waals surface area contributed by atoms with Gasteiger partial charge in [0.2, 0.25) is 0 Å².